The lowest BCUT2D eigenvalue weighted by Gasteiger charge is -2.28. The molecule has 1 rings (SSSR count). The predicted molar refractivity (Wildman–Crippen MR) is 66.4 cm³/mol. The SMILES string of the molecule is COCC(NC(=O)NC1CCCC1(C)C)C(=O)O. The van der Waals surface area contributed by atoms with Gasteiger partial charge in [0.15, 0.2) is 6.04 Å². The van der Waals surface area contributed by atoms with Gasteiger partial charge >= 0.3 is 12.0 Å². The first-order valence-electron chi connectivity index (χ1n) is 6.15. The second kappa shape index (κ2) is 6.04. The third-order valence-electron chi connectivity index (χ3n) is 3.50. The fraction of sp³-hybridized carbons (Fsp3) is 0.833. The zero-order valence-corrected chi connectivity index (χ0v) is 11.2. The van der Waals surface area contributed by atoms with Crippen LogP contribution >= 0.6 is 0 Å². The van der Waals surface area contributed by atoms with E-state index in [1.165, 1.54) is 7.11 Å². The molecule has 0 radical (unpaired) electrons. The van der Waals surface area contributed by atoms with Crippen LogP contribution in [-0.2, 0) is 9.53 Å². The number of hydrogen-bond acceptors (Lipinski definition) is 3. The van der Waals surface area contributed by atoms with Crippen molar-refractivity contribution >= 4 is 12.0 Å². The van der Waals surface area contributed by atoms with E-state index >= 15 is 0 Å². The van der Waals surface area contributed by atoms with Gasteiger partial charge in [-0.3, -0.25) is 0 Å². The second-order valence-corrected chi connectivity index (χ2v) is 5.40. The normalized spacial score (nSPS) is 23.4. The molecule has 6 heteroatoms. The Morgan fingerprint density at radius 2 is 2.17 bits per heavy atom. The van der Waals surface area contributed by atoms with Crippen LogP contribution in [0, 0.1) is 5.41 Å². The van der Waals surface area contributed by atoms with E-state index in [1.54, 1.807) is 0 Å². The van der Waals surface area contributed by atoms with Crippen LogP contribution in [0.1, 0.15) is 33.1 Å². The van der Waals surface area contributed by atoms with Crippen molar-refractivity contribution in [3.63, 3.8) is 0 Å². The number of carbonyl (C=O) groups excluding carboxylic acids is 1. The van der Waals surface area contributed by atoms with Crippen LogP contribution in [0.15, 0.2) is 0 Å². The van der Waals surface area contributed by atoms with Gasteiger partial charge in [-0.2, -0.15) is 0 Å². The summed E-state index contributed by atoms with van der Waals surface area (Å²) in [5.41, 5.74) is 0.0668. The van der Waals surface area contributed by atoms with Gasteiger partial charge < -0.3 is 20.5 Å². The van der Waals surface area contributed by atoms with Crippen LogP contribution in [0.25, 0.3) is 0 Å². The maximum atomic E-state index is 11.7. The minimum Gasteiger partial charge on any atom is -0.480 e. The van der Waals surface area contributed by atoms with Gasteiger partial charge in [-0.25, -0.2) is 9.59 Å². The smallest absolute Gasteiger partial charge is 0.328 e. The Balaban J connectivity index is 2.47. The van der Waals surface area contributed by atoms with Crippen LogP contribution in [0.5, 0.6) is 0 Å². The number of amides is 2. The molecule has 2 amide bonds. The molecule has 18 heavy (non-hydrogen) atoms. The van der Waals surface area contributed by atoms with Crippen LogP contribution in [-0.4, -0.2) is 42.9 Å². The molecule has 1 saturated carbocycles. The number of urea groups is 1. The summed E-state index contributed by atoms with van der Waals surface area (Å²) in [7, 11) is 1.40. The first-order valence-corrected chi connectivity index (χ1v) is 6.15. The molecule has 1 aliphatic rings. The monoisotopic (exact) mass is 258 g/mol. The summed E-state index contributed by atoms with van der Waals surface area (Å²) < 4.78 is 4.75. The summed E-state index contributed by atoms with van der Waals surface area (Å²) in [6.07, 6.45) is 3.08. The van der Waals surface area contributed by atoms with E-state index in [9.17, 15) is 9.59 Å². The molecule has 6 nitrogen and oxygen atoms in total. The third-order valence-corrected chi connectivity index (χ3v) is 3.50. The fourth-order valence-corrected chi connectivity index (χ4v) is 2.29. The molecule has 0 aromatic rings. The van der Waals surface area contributed by atoms with Crippen molar-refractivity contribution in [3.05, 3.63) is 0 Å². The summed E-state index contributed by atoms with van der Waals surface area (Å²) in [6, 6.07) is -1.37. The number of rotatable bonds is 5. The summed E-state index contributed by atoms with van der Waals surface area (Å²) in [4.78, 5) is 22.6. The second-order valence-electron chi connectivity index (χ2n) is 5.40. The molecule has 0 bridgehead atoms. The van der Waals surface area contributed by atoms with E-state index < -0.39 is 18.0 Å². The highest BCUT2D eigenvalue weighted by atomic mass is 16.5. The number of carboxylic acid groups (broad SMARTS) is 1. The number of methoxy groups -OCH3 is 1. The molecular formula is C12H22N2O4. The Kier molecular flexibility index (Phi) is 4.95. The lowest BCUT2D eigenvalue weighted by molar-refractivity contribution is -0.140. The van der Waals surface area contributed by atoms with Crippen molar-refractivity contribution in [3.8, 4) is 0 Å². The van der Waals surface area contributed by atoms with E-state index in [-0.39, 0.29) is 18.1 Å². The van der Waals surface area contributed by atoms with Gasteiger partial charge in [-0.05, 0) is 18.3 Å². The molecule has 104 valence electrons. The number of aliphatic carboxylic acids is 1. The van der Waals surface area contributed by atoms with Gasteiger partial charge in [0.25, 0.3) is 0 Å². The standard InChI is InChI=1S/C12H22N2O4/c1-12(2)6-4-5-9(12)14-11(17)13-8(7-18-3)10(15)16/h8-9H,4-7H2,1-3H3,(H,15,16)(H2,13,14,17). The van der Waals surface area contributed by atoms with E-state index in [0.717, 1.165) is 19.3 Å². The topological polar surface area (TPSA) is 87.7 Å². The van der Waals surface area contributed by atoms with Gasteiger partial charge in [0.2, 0.25) is 0 Å². The fourth-order valence-electron chi connectivity index (χ4n) is 2.29. The molecule has 0 saturated heterocycles. The first kappa shape index (κ1) is 14.8. The number of hydrogen-bond donors (Lipinski definition) is 3. The molecule has 0 aromatic heterocycles. The first-order chi connectivity index (χ1) is 8.36. The maximum Gasteiger partial charge on any atom is 0.328 e. The van der Waals surface area contributed by atoms with E-state index in [0.29, 0.717) is 0 Å². The van der Waals surface area contributed by atoms with Gasteiger partial charge in [0.1, 0.15) is 0 Å². The average molecular weight is 258 g/mol. The molecule has 2 unspecified atom stereocenters. The Hall–Kier alpha value is -1.30. The van der Waals surface area contributed by atoms with Crippen molar-refractivity contribution in [2.75, 3.05) is 13.7 Å². The Labute approximate surface area is 107 Å². The van der Waals surface area contributed by atoms with Crippen LogP contribution < -0.4 is 10.6 Å². The molecule has 0 aromatic carbocycles. The van der Waals surface area contributed by atoms with Crippen molar-refractivity contribution in [2.24, 2.45) is 5.41 Å². The highest BCUT2D eigenvalue weighted by Crippen LogP contribution is 2.36. The number of carbonyl (C=O) groups is 2. The van der Waals surface area contributed by atoms with Gasteiger partial charge in [-0.15, -0.1) is 0 Å². The Morgan fingerprint density at radius 3 is 2.61 bits per heavy atom. The summed E-state index contributed by atoms with van der Waals surface area (Å²) in [6.45, 7) is 4.17. The maximum absolute atomic E-state index is 11.7. The Morgan fingerprint density at radius 1 is 1.50 bits per heavy atom. The zero-order valence-electron chi connectivity index (χ0n) is 11.2. The third kappa shape index (κ3) is 3.87. The van der Waals surface area contributed by atoms with Crippen LogP contribution in [0.3, 0.4) is 0 Å². The zero-order chi connectivity index (χ0) is 13.8. The van der Waals surface area contributed by atoms with Crippen molar-refractivity contribution in [2.45, 2.75) is 45.2 Å². The minimum absolute atomic E-state index is 0.0448. The van der Waals surface area contributed by atoms with Crippen molar-refractivity contribution in [1.82, 2.24) is 10.6 Å². The van der Waals surface area contributed by atoms with E-state index in [2.05, 4.69) is 24.5 Å². The van der Waals surface area contributed by atoms with Crippen molar-refractivity contribution in [1.29, 1.82) is 0 Å². The molecule has 1 aliphatic carbocycles. The van der Waals surface area contributed by atoms with Crippen LogP contribution in [0.2, 0.25) is 0 Å². The largest absolute Gasteiger partial charge is 0.480 e. The van der Waals surface area contributed by atoms with E-state index in [1.807, 2.05) is 0 Å². The van der Waals surface area contributed by atoms with Gasteiger partial charge in [0.05, 0.1) is 6.61 Å². The molecular weight excluding hydrogens is 236 g/mol. The quantitative estimate of drug-likeness (QED) is 0.685. The molecule has 3 N–H and O–H groups in total. The number of nitrogens with one attached hydrogen (secondary N) is 2. The summed E-state index contributed by atoms with van der Waals surface area (Å²) in [5, 5.41) is 14.1. The Bertz CT molecular complexity index is 317. The molecule has 0 spiro atoms. The van der Waals surface area contributed by atoms with Gasteiger partial charge in [-0.1, -0.05) is 20.3 Å². The molecule has 0 aliphatic heterocycles. The lowest BCUT2D eigenvalue weighted by atomic mass is 9.87. The molecule has 0 heterocycles. The average Bonchev–Trinajstić information content (AvgIpc) is 2.57. The number of ether oxygens (including phenoxy) is 1. The summed E-state index contributed by atoms with van der Waals surface area (Å²) in [5.74, 6) is -1.10. The minimum atomic E-state index is -1.10. The van der Waals surface area contributed by atoms with Crippen LogP contribution in [0.4, 0.5) is 4.79 Å². The molecule has 1 fully saturated rings. The highest BCUT2D eigenvalue weighted by Gasteiger charge is 2.35. The summed E-state index contributed by atoms with van der Waals surface area (Å²) >= 11 is 0. The van der Waals surface area contributed by atoms with Crippen molar-refractivity contribution < 1.29 is 19.4 Å². The predicted octanol–water partition coefficient (Wildman–Crippen LogP) is 0.964. The van der Waals surface area contributed by atoms with E-state index in [4.69, 9.17) is 9.84 Å². The van der Waals surface area contributed by atoms with Gasteiger partial charge in [0, 0.05) is 13.2 Å². The molecule has 2 atom stereocenters. The number of carboxylic acids is 1. The highest BCUT2D eigenvalue weighted by molar-refractivity contribution is 5.82. The lowest BCUT2D eigenvalue weighted by Crippen LogP contribution is -2.52.